The number of hydrogen-bond donors (Lipinski definition) is 3. The van der Waals surface area contributed by atoms with Crippen molar-refractivity contribution in [2.45, 2.75) is 38.9 Å². The Morgan fingerprint density at radius 2 is 2.04 bits per heavy atom. The third-order valence-corrected chi connectivity index (χ3v) is 3.16. The lowest BCUT2D eigenvalue weighted by atomic mass is 10.1. The van der Waals surface area contributed by atoms with Crippen molar-refractivity contribution in [2.24, 2.45) is 0 Å². The first kappa shape index (κ1) is 19.1. The van der Waals surface area contributed by atoms with Crippen LogP contribution < -0.4 is 15.4 Å². The van der Waals surface area contributed by atoms with Crippen molar-refractivity contribution in [1.82, 2.24) is 5.32 Å². The fourth-order valence-electron chi connectivity index (χ4n) is 1.96. The van der Waals surface area contributed by atoms with Gasteiger partial charge in [0.25, 0.3) is 0 Å². The number of alkyl halides is 3. The molecule has 1 atom stereocenters. The average Bonchev–Trinajstić information content (AvgIpc) is 2.47. The number of ether oxygens (including phenoxy) is 1. The van der Waals surface area contributed by atoms with Gasteiger partial charge in [0.1, 0.15) is 5.75 Å². The summed E-state index contributed by atoms with van der Waals surface area (Å²) in [7, 11) is 0. The Morgan fingerprint density at radius 1 is 1.35 bits per heavy atom. The zero-order valence-corrected chi connectivity index (χ0v) is 13.0. The van der Waals surface area contributed by atoms with Crippen LogP contribution in [0.25, 0.3) is 0 Å². The molecule has 0 heterocycles. The molecule has 0 saturated carbocycles. The Morgan fingerprint density at radius 3 is 2.57 bits per heavy atom. The van der Waals surface area contributed by atoms with E-state index in [1.807, 2.05) is 6.92 Å². The molecule has 1 aromatic rings. The van der Waals surface area contributed by atoms with E-state index in [2.05, 4.69) is 10.6 Å². The predicted octanol–water partition coefficient (Wildman–Crippen LogP) is 3.39. The summed E-state index contributed by atoms with van der Waals surface area (Å²) in [5.74, 6) is 0.158. The highest BCUT2D eigenvalue weighted by Crippen LogP contribution is 2.35. The van der Waals surface area contributed by atoms with E-state index in [4.69, 9.17) is 9.84 Å². The number of benzene rings is 1. The van der Waals surface area contributed by atoms with Crippen LogP contribution in [0, 0.1) is 0 Å². The molecule has 0 saturated heterocycles. The van der Waals surface area contributed by atoms with E-state index in [9.17, 15) is 18.0 Å². The van der Waals surface area contributed by atoms with Gasteiger partial charge in [-0.25, -0.2) is 4.79 Å². The molecule has 1 unspecified atom stereocenters. The molecule has 0 aliphatic carbocycles. The van der Waals surface area contributed by atoms with E-state index < -0.39 is 17.8 Å². The van der Waals surface area contributed by atoms with Crippen LogP contribution in [0.3, 0.4) is 0 Å². The minimum Gasteiger partial charge on any atom is -0.492 e. The second-order valence-electron chi connectivity index (χ2n) is 4.86. The van der Waals surface area contributed by atoms with Gasteiger partial charge in [0, 0.05) is 12.6 Å². The van der Waals surface area contributed by atoms with Gasteiger partial charge in [-0.15, -0.1) is 0 Å². The van der Waals surface area contributed by atoms with Crippen LogP contribution >= 0.6 is 0 Å². The van der Waals surface area contributed by atoms with Gasteiger partial charge >= 0.3 is 12.2 Å². The lowest BCUT2D eigenvalue weighted by Gasteiger charge is -2.18. The number of carbonyl (C=O) groups excluding carboxylic acids is 1. The molecule has 0 aliphatic rings. The maximum Gasteiger partial charge on any atom is 0.416 e. The molecule has 130 valence electrons. The predicted molar refractivity (Wildman–Crippen MR) is 80.5 cm³/mol. The zero-order chi connectivity index (χ0) is 17.5. The second-order valence-corrected chi connectivity index (χ2v) is 4.86. The molecule has 3 N–H and O–H groups in total. The number of rotatable bonds is 7. The standard InChI is InChI=1S/C15H21F3N2O3/c1-3-11(7-8-21)19-14(22)20-12-9-10(15(16,17)18)5-6-13(12)23-4-2/h5-6,9,11,21H,3-4,7-8H2,1-2H3,(H2,19,20,22). The number of aliphatic hydroxyl groups excluding tert-OH is 1. The smallest absolute Gasteiger partial charge is 0.416 e. The number of hydrogen-bond acceptors (Lipinski definition) is 3. The van der Waals surface area contributed by atoms with E-state index in [-0.39, 0.29) is 30.7 Å². The van der Waals surface area contributed by atoms with E-state index in [1.54, 1.807) is 6.92 Å². The number of halogens is 3. The van der Waals surface area contributed by atoms with Gasteiger partial charge in [0.15, 0.2) is 0 Å². The largest absolute Gasteiger partial charge is 0.492 e. The highest BCUT2D eigenvalue weighted by molar-refractivity contribution is 5.91. The first-order valence-corrected chi connectivity index (χ1v) is 7.34. The number of amides is 2. The Kier molecular flexibility index (Phi) is 7.15. The normalized spacial score (nSPS) is 12.6. The van der Waals surface area contributed by atoms with Crippen LogP contribution in [0.2, 0.25) is 0 Å². The molecule has 0 aliphatic heterocycles. The maximum absolute atomic E-state index is 12.8. The lowest BCUT2D eigenvalue weighted by Crippen LogP contribution is -2.38. The maximum atomic E-state index is 12.8. The first-order chi connectivity index (χ1) is 10.8. The highest BCUT2D eigenvalue weighted by Gasteiger charge is 2.31. The van der Waals surface area contributed by atoms with Gasteiger partial charge < -0.3 is 20.5 Å². The fourth-order valence-corrected chi connectivity index (χ4v) is 1.96. The first-order valence-electron chi connectivity index (χ1n) is 7.34. The van der Waals surface area contributed by atoms with Gasteiger partial charge in [-0.2, -0.15) is 13.2 Å². The number of aliphatic hydroxyl groups is 1. The fraction of sp³-hybridized carbons (Fsp3) is 0.533. The van der Waals surface area contributed by atoms with Crippen LogP contribution in [0.15, 0.2) is 18.2 Å². The van der Waals surface area contributed by atoms with Gasteiger partial charge in [0.2, 0.25) is 0 Å². The minimum atomic E-state index is -4.51. The molecule has 0 radical (unpaired) electrons. The number of nitrogens with one attached hydrogen (secondary N) is 2. The monoisotopic (exact) mass is 334 g/mol. The molecule has 0 aromatic heterocycles. The molecule has 5 nitrogen and oxygen atoms in total. The number of urea groups is 1. The zero-order valence-electron chi connectivity index (χ0n) is 13.0. The summed E-state index contributed by atoms with van der Waals surface area (Å²) in [4.78, 5) is 11.9. The van der Waals surface area contributed by atoms with Crippen molar-refractivity contribution in [3.05, 3.63) is 23.8 Å². The average molecular weight is 334 g/mol. The number of anilines is 1. The Balaban J connectivity index is 2.93. The summed E-state index contributed by atoms with van der Waals surface area (Å²) in [5.41, 5.74) is -0.934. The summed E-state index contributed by atoms with van der Waals surface area (Å²) < 4.78 is 43.6. The minimum absolute atomic E-state index is 0.0574. The van der Waals surface area contributed by atoms with Crippen LogP contribution in [0.4, 0.5) is 23.7 Å². The third-order valence-electron chi connectivity index (χ3n) is 3.16. The Hall–Kier alpha value is -1.96. The Bertz CT molecular complexity index is 521. The van der Waals surface area contributed by atoms with Crippen molar-refractivity contribution in [2.75, 3.05) is 18.5 Å². The third kappa shape index (κ3) is 5.97. The molecule has 2 amide bonds. The Labute approximate surface area is 132 Å². The van der Waals surface area contributed by atoms with Crippen LogP contribution in [0.5, 0.6) is 5.75 Å². The molecule has 0 bridgehead atoms. The molecular formula is C15H21F3N2O3. The topological polar surface area (TPSA) is 70.6 Å². The van der Waals surface area contributed by atoms with Crippen molar-refractivity contribution < 1.29 is 27.8 Å². The van der Waals surface area contributed by atoms with Crippen molar-refractivity contribution in [3.8, 4) is 5.75 Å². The summed E-state index contributed by atoms with van der Waals surface area (Å²) in [5, 5.41) is 13.9. The molecule has 0 fully saturated rings. The highest BCUT2D eigenvalue weighted by atomic mass is 19.4. The molecule has 23 heavy (non-hydrogen) atoms. The summed E-state index contributed by atoms with van der Waals surface area (Å²) in [6, 6.07) is 1.99. The van der Waals surface area contributed by atoms with Crippen molar-refractivity contribution >= 4 is 11.7 Å². The van der Waals surface area contributed by atoms with E-state index in [1.165, 1.54) is 6.07 Å². The van der Waals surface area contributed by atoms with E-state index in [0.717, 1.165) is 12.1 Å². The summed E-state index contributed by atoms with van der Waals surface area (Å²) >= 11 is 0. The van der Waals surface area contributed by atoms with Crippen LogP contribution in [0.1, 0.15) is 32.3 Å². The molecule has 0 spiro atoms. The SMILES string of the molecule is CCOc1ccc(C(F)(F)F)cc1NC(=O)NC(CC)CCO. The summed E-state index contributed by atoms with van der Waals surface area (Å²) in [6.45, 7) is 3.68. The van der Waals surface area contributed by atoms with Gasteiger partial charge in [-0.3, -0.25) is 0 Å². The van der Waals surface area contributed by atoms with Gasteiger partial charge in [0.05, 0.1) is 17.9 Å². The van der Waals surface area contributed by atoms with Crippen LogP contribution in [-0.4, -0.2) is 30.4 Å². The number of carbonyl (C=O) groups is 1. The van der Waals surface area contributed by atoms with Gasteiger partial charge in [-0.05, 0) is 38.0 Å². The summed E-state index contributed by atoms with van der Waals surface area (Å²) in [6.07, 6.45) is -3.56. The second kappa shape index (κ2) is 8.61. The quantitative estimate of drug-likeness (QED) is 0.716. The molecule has 1 aromatic carbocycles. The van der Waals surface area contributed by atoms with Crippen LogP contribution in [-0.2, 0) is 6.18 Å². The molecule has 1 rings (SSSR count). The van der Waals surface area contributed by atoms with E-state index in [0.29, 0.717) is 12.8 Å². The molecule has 8 heteroatoms. The lowest BCUT2D eigenvalue weighted by molar-refractivity contribution is -0.137. The van der Waals surface area contributed by atoms with E-state index >= 15 is 0 Å². The molecular weight excluding hydrogens is 313 g/mol. The van der Waals surface area contributed by atoms with Crippen molar-refractivity contribution in [1.29, 1.82) is 0 Å². The van der Waals surface area contributed by atoms with Gasteiger partial charge in [-0.1, -0.05) is 6.92 Å². The van der Waals surface area contributed by atoms with Crippen molar-refractivity contribution in [3.63, 3.8) is 0 Å².